The molecule has 0 aliphatic heterocycles. The molecule has 0 radical (unpaired) electrons. The van der Waals surface area contributed by atoms with Crippen LogP contribution in [-0.2, 0) is 6.61 Å². The van der Waals surface area contributed by atoms with Crippen LogP contribution in [0.5, 0.6) is 17.2 Å². The average Bonchev–Trinajstić information content (AvgIpc) is 2.81. The first-order chi connectivity index (χ1) is 14.5. The molecule has 0 aliphatic rings. The summed E-state index contributed by atoms with van der Waals surface area (Å²) >= 11 is 0. The van der Waals surface area contributed by atoms with Crippen LogP contribution in [0.4, 0.5) is 0 Å². The van der Waals surface area contributed by atoms with Gasteiger partial charge in [0.15, 0.2) is 11.5 Å². The number of nitrogens with zero attached hydrogens (tertiary/aromatic N) is 1. The standard InChI is InChI=1S/C25H27NO4/c1-18(20-13-9-6-10-14-20)26(2)25(27)21-15-22(28-3)24(23(16-21)29-4)30-17-19-11-7-5-8-12-19/h5-16,18H,17H2,1-4H3/t18-/m0/s1. The zero-order valence-electron chi connectivity index (χ0n) is 17.8. The lowest BCUT2D eigenvalue weighted by Gasteiger charge is -2.26. The van der Waals surface area contributed by atoms with E-state index in [4.69, 9.17) is 14.2 Å². The molecule has 0 aromatic heterocycles. The van der Waals surface area contributed by atoms with Crippen molar-refractivity contribution < 1.29 is 19.0 Å². The Labute approximate surface area is 177 Å². The van der Waals surface area contributed by atoms with Crippen LogP contribution in [0.25, 0.3) is 0 Å². The van der Waals surface area contributed by atoms with Gasteiger partial charge in [-0.25, -0.2) is 0 Å². The van der Waals surface area contributed by atoms with Gasteiger partial charge in [-0.15, -0.1) is 0 Å². The predicted octanol–water partition coefficient (Wildman–Crippen LogP) is 5.12. The molecule has 0 aliphatic carbocycles. The van der Waals surface area contributed by atoms with Crippen LogP contribution in [-0.4, -0.2) is 32.1 Å². The molecular formula is C25H27NO4. The zero-order chi connectivity index (χ0) is 21.5. The van der Waals surface area contributed by atoms with Gasteiger partial charge in [-0.05, 0) is 30.2 Å². The molecule has 3 aromatic rings. The Morgan fingerprint density at radius 3 is 1.97 bits per heavy atom. The molecule has 5 heteroatoms. The van der Waals surface area contributed by atoms with Crippen molar-refractivity contribution in [2.24, 2.45) is 0 Å². The molecule has 0 unspecified atom stereocenters. The topological polar surface area (TPSA) is 48.0 Å². The van der Waals surface area contributed by atoms with Crippen LogP contribution in [0.2, 0.25) is 0 Å². The summed E-state index contributed by atoms with van der Waals surface area (Å²) in [6, 6.07) is 23.1. The molecule has 0 saturated carbocycles. The van der Waals surface area contributed by atoms with E-state index in [1.54, 1.807) is 38.3 Å². The Morgan fingerprint density at radius 2 is 1.43 bits per heavy atom. The Kier molecular flexibility index (Phi) is 6.96. The SMILES string of the molecule is COc1cc(C(=O)N(C)[C@@H](C)c2ccccc2)cc(OC)c1OCc1ccccc1. The highest BCUT2D eigenvalue weighted by molar-refractivity contribution is 5.95. The first kappa shape index (κ1) is 21.2. The Hall–Kier alpha value is -3.47. The van der Waals surface area contributed by atoms with E-state index in [9.17, 15) is 4.79 Å². The third-order valence-corrected chi connectivity index (χ3v) is 5.12. The molecule has 0 saturated heterocycles. The minimum atomic E-state index is -0.127. The summed E-state index contributed by atoms with van der Waals surface area (Å²) in [6.45, 7) is 2.37. The van der Waals surface area contributed by atoms with Gasteiger partial charge < -0.3 is 19.1 Å². The summed E-state index contributed by atoms with van der Waals surface area (Å²) in [6.07, 6.45) is 0. The Morgan fingerprint density at radius 1 is 0.900 bits per heavy atom. The normalized spacial score (nSPS) is 11.5. The molecule has 30 heavy (non-hydrogen) atoms. The minimum absolute atomic E-state index is 0.0790. The highest BCUT2D eigenvalue weighted by atomic mass is 16.5. The van der Waals surface area contributed by atoms with Crippen LogP contribution in [0, 0.1) is 0 Å². The quantitative estimate of drug-likeness (QED) is 0.522. The van der Waals surface area contributed by atoms with Gasteiger partial charge in [-0.1, -0.05) is 60.7 Å². The fourth-order valence-electron chi connectivity index (χ4n) is 3.21. The second-order valence-electron chi connectivity index (χ2n) is 6.99. The summed E-state index contributed by atoms with van der Waals surface area (Å²) in [5, 5.41) is 0. The summed E-state index contributed by atoms with van der Waals surface area (Å²) in [5.41, 5.74) is 2.56. The number of ether oxygens (including phenoxy) is 3. The summed E-state index contributed by atoms with van der Waals surface area (Å²) in [4.78, 5) is 14.9. The smallest absolute Gasteiger partial charge is 0.254 e. The highest BCUT2D eigenvalue weighted by Gasteiger charge is 2.23. The van der Waals surface area contributed by atoms with Crippen LogP contribution in [0.3, 0.4) is 0 Å². The first-order valence-corrected chi connectivity index (χ1v) is 9.80. The average molecular weight is 405 g/mol. The molecule has 0 N–H and O–H groups in total. The number of benzene rings is 3. The van der Waals surface area contributed by atoms with Gasteiger partial charge in [0.2, 0.25) is 5.75 Å². The first-order valence-electron chi connectivity index (χ1n) is 9.80. The van der Waals surface area contributed by atoms with Gasteiger partial charge in [0.1, 0.15) is 6.61 Å². The Bertz CT molecular complexity index is 948. The van der Waals surface area contributed by atoms with Gasteiger partial charge in [-0.3, -0.25) is 4.79 Å². The number of carbonyl (C=O) groups is 1. The molecule has 3 rings (SSSR count). The molecule has 3 aromatic carbocycles. The fourth-order valence-corrected chi connectivity index (χ4v) is 3.21. The molecule has 1 atom stereocenters. The van der Waals surface area contributed by atoms with Crippen LogP contribution >= 0.6 is 0 Å². The van der Waals surface area contributed by atoms with E-state index < -0.39 is 0 Å². The highest BCUT2D eigenvalue weighted by Crippen LogP contribution is 2.39. The maximum absolute atomic E-state index is 13.2. The van der Waals surface area contributed by atoms with Gasteiger partial charge in [-0.2, -0.15) is 0 Å². The van der Waals surface area contributed by atoms with Crippen LogP contribution in [0.1, 0.15) is 34.5 Å². The van der Waals surface area contributed by atoms with E-state index in [2.05, 4.69) is 0 Å². The van der Waals surface area contributed by atoms with Crippen LogP contribution in [0.15, 0.2) is 72.8 Å². The zero-order valence-corrected chi connectivity index (χ0v) is 17.8. The number of carbonyl (C=O) groups excluding carboxylic acids is 1. The molecule has 0 bridgehead atoms. The predicted molar refractivity (Wildman–Crippen MR) is 117 cm³/mol. The van der Waals surface area contributed by atoms with E-state index >= 15 is 0 Å². The number of hydrogen-bond donors (Lipinski definition) is 0. The Balaban J connectivity index is 1.85. The number of hydrogen-bond acceptors (Lipinski definition) is 4. The third-order valence-electron chi connectivity index (χ3n) is 5.12. The van der Waals surface area contributed by atoms with Crippen LogP contribution < -0.4 is 14.2 Å². The van der Waals surface area contributed by atoms with E-state index in [1.165, 1.54) is 0 Å². The largest absolute Gasteiger partial charge is 0.493 e. The van der Waals surface area contributed by atoms with Crippen molar-refractivity contribution in [3.63, 3.8) is 0 Å². The fraction of sp³-hybridized carbons (Fsp3) is 0.240. The van der Waals surface area contributed by atoms with Crippen molar-refractivity contribution in [2.75, 3.05) is 21.3 Å². The van der Waals surface area contributed by atoms with E-state index in [-0.39, 0.29) is 11.9 Å². The van der Waals surface area contributed by atoms with E-state index in [0.29, 0.717) is 29.4 Å². The van der Waals surface area contributed by atoms with Gasteiger partial charge >= 0.3 is 0 Å². The molecule has 0 heterocycles. The van der Waals surface area contributed by atoms with Crippen molar-refractivity contribution in [1.29, 1.82) is 0 Å². The van der Waals surface area contributed by atoms with E-state index in [1.807, 2.05) is 67.6 Å². The molecule has 156 valence electrons. The van der Waals surface area contributed by atoms with E-state index in [0.717, 1.165) is 11.1 Å². The van der Waals surface area contributed by atoms with Crippen molar-refractivity contribution in [3.05, 3.63) is 89.5 Å². The molecule has 0 spiro atoms. The second-order valence-corrected chi connectivity index (χ2v) is 6.99. The van der Waals surface area contributed by atoms with Gasteiger partial charge in [0, 0.05) is 12.6 Å². The summed E-state index contributed by atoms with van der Waals surface area (Å²) < 4.78 is 17.0. The number of amides is 1. The third kappa shape index (κ3) is 4.74. The monoisotopic (exact) mass is 405 g/mol. The maximum atomic E-state index is 13.2. The lowest BCUT2D eigenvalue weighted by atomic mass is 10.1. The number of rotatable bonds is 8. The molecule has 1 amide bonds. The summed E-state index contributed by atoms with van der Waals surface area (Å²) in [5.74, 6) is 1.25. The molecule has 5 nitrogen and oxygen atoms in total. The lowest BCUT2D eigenvalue weighted by Crippen LogP contribution is -2.29. The number of methoxy groups -OCH3 is 2. The molecule has 0 fully saturated rings. The van der Waals surface area contributed by atoms with Crippen molar-refractivity contribution in [2.45, 2.75) is 19.6 Å². The van der Waals surface area contributed by atoms with Crippen molar-refractivity contribution >= 4 is 5.91 Å². The van der Waals surface area contributed by atoms with Crippen molar-refractivity contribution in [1.82, 2.24) is 4.90 Å². The second kappa shape index (κ2) is 9.83. The lowest BCUT2D eigenvalue weighted by molar-refractivity contribution is 0.0741. The van der Waals surface area contributed by atoms with Gasteiger partial charge in [0.25, 0.3) is 5.91 Å². The molecular weight excluding hydrogens is 378 g/mol. The summed E-state index contributed by atoms with van der Waals surface area (Å²) in [7, 11) is 4.89. The van der Waals surface area contributed by atoms with Gasteiger partial charge in [0.05, 0.1) is 20.3 Å². The van der Waals surface area contributed by atoms with Crippen molar-refractivity contribution in [3.8, 4) is 17.2 Å². The minimum Gasteiger partial charge on any atom is -0.493 e. The maximum Gasteiger partial charge on any atom is 0.254 e.